The Bertz CT molecular complexity index is 665. The zero-order chi connectivity index (χ0) is 12.7. The molecule has 0 fully saturated rings. The van der Waals surface area contributed by atoms with Crippen LogP contribution in [0.1, 0.15) is 20.7 Å². The third-order valence-electron chi connectivity index (χ3n) is 2.94. The molecule has 3 nitrogen and oxygen atoms in total. The molecule has 0 saturated carbocycles. The van der Waals surface area contributed by atoms with Gasteiger partial charge in [-0.1, -0.05) is 0 Å². The predicted octanol–water partition coefficient (Wildman–Crippen LogP) is 1.03. The maximum absolute atomic E-state index is 11.7. The van der Waals surface area contributed by atoms with Crippen LogP contribution in [-0.4, -0.2) is 27.8 Å². The first kappa shape index (κ1) is 11.2. The Hall–Kier alpha value is -1.90. The monoisotopic (exact) mass is 302 g/mol. The van der Waals surface area contributed by atoms with E-state index in [-0.39, 0.29) is 11.8 Å². The fraction of sp³-hybridized carbons (Fsp3) is 0. The molecule has 2 aromatic rings. The molecule has 0 bridgehead atoms. The second-order valence-corrected chi connectivity index (χ2v) is 4.87. The minimum atomic E-state index is -0.332. The van der Waals surface area contributed by atoms with Crippen LogP contribution in [0.25, 0.3) is 11.1 Å². The molecule has 1 N–H and O–H groups in total. The van der Waals surface area contributed by atoms with Gasteiger partial charge in [-0.05, 0) is 0 Å². The first-order valence-corrected chi connectivity index (χ1v) is 6.29. The number of rotatable bonds is 1. The summed E-state index contributed by atoms with van der Waals surface area (Å²) in [4.78, 5) is 23.3. The molecule has 1 aliphatic heterocycles. The number of hydrogen-bond acceptors (Lipinski definition) is 2. The number of fused-ring (bicyclic) bond motifs is 1. The van der Waals surface area contributed by atoms with Gasteiger partial charge in [-0.15, -0.1) is 0 Å². The van der Waals surface area contributed by atoms with Gasteiger partial charge in [-0.3, -0.25) is 0 Å². The van der Waals surface area contributed by atoms with Crippen molar-refractivity contribution in [2.75, 3.05) is 0 Å². The van der Waals surface area contributed by atoms with Gasteiger partial charge in [-0.25, -0.2) is 0 Å². The van der Waals surface area contributed by atoms with Crippen molar-refractivity contribution in [3.8, 4) is 11.1 Å². The van der Waals surface area contributed by atoms with Crippen LogP contribution in [0.3, 0.4) is 0 Å². The number of carbonyl (C=O) groups is 2. The average molecular weight is 301 g/mol. The Morgan fingerprint density at radius 3 is 2.22 bits per heavy atom. The molecule has 1 radical (unpaired) electrons. The van der Waals surface area contributed by atoms with Gasteiger partial charge in [0.1, 0.15) is 0 Å². The van der Waals surface area contributed by atoms with E-state index < -0.39 is 0 Å². The normalized spacial score (nSPS) is 13.3. The third kappa shape index (κ3) is 1.58. The zero-order valence-electron chi connectivity index (χ0n) is 9.27. The van der Waals surface area contributed by atoms with Crippen molar-refractivity contribution in [2.45, 2.75) is 0 Å². The van der Waals surface area contributed by atoms with E-state index in [9.17, 15) is 9.59 Å². The Labute approximate surface area is 112 Å². The molecule has 0 spiro atoms. The summed E-state index contributed by atoms with van der Waals surface area (Å²) >= 11 is 2.91. The van der Waals surface area contributed by atoms with E-state index in [0.717, 1.165) is 15.6 Å². The van der Waals surface area contributed by atoms with Crippen LogP contribution in [0.4, 0.5) is 0 Å². The van der Waals surface area contributed by atoms with Gasteiger partial charge in [0.15, 0.2) is 0 Å². The first-order chi connectivity index (χ1) is 8.68. The van der Waals surface area contributed by atoms with E-state index in [0.29, 0.717) is 11.1 Å². The van der Waals surface area contributed by atoms with E-state index in [4.69, 9.17) is 0 Å². The van der Waals surface area contributed by atoms with E-state index >= 15 is 0 Å². The van der Waals surface area contributed by atoms with Gasteiger partial charge in [0, 0.05) is 0 Å². The summed E-state index contributed by atoms with van der Waals surface area (Å²) in [6.07, 6.45) is 0. The van der Waals surface area contributed by atoms with E-state index in [2.05, 4.69) is 21.3 Å². The molecule has 1 heterocycles. The molecular formula is C14H8NO2Se. The van der Waals surface area contributed by atoms with Gasteiger partial charge in [-0.2, -0.15) is 0 Å². The van der Waals surface area contributed by atoms with Crippen molar-refractivity contribution in [1.29, 1.82) is 0 Å². The molecule has 1 aliphatic rings. The van der Waals surface area contributed by atoms with E-state index in [1.54, 1.807) is 6.07 Å². The second kappa shape index (κ2) is 4.09. The van der Waals surface area contributed by atoms with Gasteiger partial charge in [0.25, 0.3) is 0 Å². The summed E-state index contributed by atoms with van der Waals surface area (Å²) in [5, 5.41) is 2.30. The summed E-state index contributed by atoms with van der Waals surface area (Å²) in [6.45, 7) is 0. The summed E-state index contributed by atoms with van der Waals surface area (Å²) in [7, 11) is 0. The Morgan fingerprint density at radius 1 is 0.833 bits per heavy atom. The van der Waals surface area contributed by atoms with Crippen LogP contribution in [0.2, 0.25) is 0 Å². The third-order valence-corrected chi connectivity index (χ3v) is 3.83. The van der Waals surface area contributed by atoms with E-state index in [1.165, 1.54) is 0 Å². The number of nitrogens with one attached hydrogen (secondary N) is 1. The summed E-state index contributed by atoms with van der Waals surface area (Å²) in [5.41, 5.74) is 2.83. The average Bonchev–Trinajstić information content (AvgIpc) is 2.67. The summed E-state index contributed by atoms with van der Waals surface area (Å²) < 4.78 is 0.724. The number of carbonyl (C=O) groups excluding carboxylic acids is 2. The Morgan fingerprint density at radius 2 is 1.50 bits per heavy atom. The Kier molecular flexibility index (Phi) is 2.54. The quantitative estimate of drug-likeness (QED) is 0.632. The van der Waals surface area contributed by atoms with Gasteiger partial charge < -0.3 is 0 Å². The van der Waals surface area contributed by atoms with Crippen LogP contribution in [0.5, 0.6) is 0 Å². The topological polar surface area (TPSA) is 46.2 Å². The van der Waals surface area contributed by atoms with Gasteiger partial charge in [0.2, 0.25) is 0 Å². The molecule has 2 amide bonds. The van der Waals surface area contributed by atoms with Crippen molar-refractivity contribution in [2.24, 2.45) is 0 Å². The van der Waals surface area contributed by atoms with Crippen molar-refractivity contribution in [1.82, 2.24) is 5.32 Å². The Balaban J connectivity index is 2.24. The van der Waals surface area contributed by atoms with Crippen molar-refractivity contribution in [3.63, 3.8) is 0 Å². The summed E-state index contributed by atoms with van der Waals surface area (Å²) in [5.74, 6) is -0.660. The van der Waals surface area contributed by atoms with Crippen molar-refractivity contribution >= 4 is 32.3 Å². The fourth-order valence-corrected chi connectivity index (χ4v) is 2.89. The number of benzene rings is 2. The SMILES string of the molecule is O=C1NC(=O)c2c1ccc(-c1ccccc1)c2[Se]. The minimum absolute atomic E-state index is 0.328. The molecule has 0 saturated heterocycles. The maximum atomic E-state index is 11.7. The van der Waals surface area contributed by atoms with Crippen LogP contribution >= 0.6 is 0 Å². The number of amides is 2. The van der Waals surface area contributed by atoms with E-state index in [1.807, 2.05) is 36.4 Å². The molecule has 3 rings (SSSR count). The second-order valence-electron chi connectivity index (χ2n) is 4.01. The standard InChI is InChI=1S/C14H8NO2Se/c16-13-10-7-6-9(8-4-2-1-3-5-8)12(18)11(10)14(17)15-13/h1-7H,(H,15,16,17). The van der Waals surface area contributed by atoms with Crippen molar-refractivity contribution < 1.29 is 9.59 Å². The van der Waals surface area contributed by atoms with Gasteiger partial charge >= 0.3 is 112 Å². The molecule has 0 aromatic heterocycles. The molecule has 2 aromatic carbocycles. The fourth-order valence-electron chi connectivity index (χ4n) is 2.08. The summed E-state index contributed by atoms with van der Waals surface area (Å²) in [6, 6.07) is 13.3. The van der Waals surface area contributed by atoms with Crippen molar-refractivity contribution in [3.05, 3.63) is 53.6 Å². The predicted molar refractivity (Wildman–Crippen MR) is 69.1 cm³/mol. The first-order valence-electron chi connectivity index (χ1n) is 5.43. The molecule has 0 aliphatic carbocycles. The molecule has 18 heavy (non-hydrogen) atoms. The number of hydrogen-bond donors (Lipinski definition) is 1. The molecule has 4 heteroatoms. The molecule has 0 atom stereocenters. The number of imide groups is 1. The van der Waals surface area contributed by atoms with Crippen LogP contribution in [0, 0.1) is 0 Å². The molecular weight excluding hydrogens is 293 g/mol. The zero-order valence-corrected chi connectivity index (χ0v) is 11.0. The molecule has 0 unspecified atom stereocenters. The molecule has 87 valence electrons. The van der Waals surface area contributed by atoms with Crippen LogP contribution in [-0.2, 0) is 0 Å². The van der Waals surface area contributed by atoms with Crippen LogP contribution < -0.4 is 9.78 Å². The van der Waals surface area contributed by atoms with Crippen LogP contribution in [0.15, 0.2) is 42.5 Å². The van der Waals surface area contributed by atoms with Gasteiger partial charge in [0.05, 0.1) is 0 Å².